The van der Waals surface area contributed by atoms with Crippen LogP contribution < -0.4 is 5.32 Å². The van der Waals surface area contributed by atoms with Crippen molar-refractivity contribution >= 4 is 34.3 Å². The van der Waals surface area contributed by atoms with Gasteiger partial charge in [-0.1, -0.05) is 11.6 Å². The molecule has 8 nitrogen and oxygen atoms in total. The lowest BCUT2D eigenvalue weighted by atomic mass is 9.85. The first-order valence-electron chi connectivity index (χ1n) is 11.8. The number of nitrogens with one attached hydrogen (secondary N) is 1. The maximum Gasteiger partial charge on any atom is 0.228 e. The van der Waals surface area contributed by atoms with Crippen molar-refractivity contribution in [2.75, 3.05) is 31.6 Å². The number of hydrogen-bond acceptors (Lipinski definition) is 7. The topological polar surface area (TPSA) is 88.3 Å². The molecule has 33 heavy (non-hydrogen) atoms. The van der Waals surface area contributed by atoms with E-state index in [1.54, 1.807) is 0 Å². The van der Waals surface area contributed by atoms with Crippen LogP contribution in [-0.2, 0) is 4.74 Å². The molecular weight excluding hydrogens is 440 g/mol. The van der Waals surface area contributed by atoms with Crippen LogP contribution >= 0.6 is 11.6 Å². The summed E-state index contributed by atoms with van der Waals surface area (Å²) in [7, 11) is 0. The number of aliphatic hydroxyl groups is 1. The summed E-state index contributed by atoms with van der Waals surface area (Å²) in [5.74, 6) is 1.85. The molecule has 0 radical (unpaired) electrons. The molecule has 1 aliphatic carbocycles. The highest BCUT2D eigenvalue weighted by Crippen LogP contribution is 2.39. The number of ether oxygens (including phenoxy) is 1. The predicted molar refractivity (Wildman–Crippen MR) is 127 cm³/mol. The van der Waals surface area contributed by atoms with E-state index in [0.29, 0.717) is 31.1 Å². The van der Waals surface area contributed by atoms with E-state index in [9.17, 15) is 5.11 Å². The summed E-state index contributed by atoms with van der Waals surface area (Å²) in [5.41, 5.74) is 1.74. The molecule has 3 aliphatic rings. The second-order valence-electron chi connectivity index (χ2n) is 9.79. The molecule has 174 valence electrons. The van der Waals surface area contributed by atoms with Gasteiger partial charge in [-0.25, -0.2) is 14.6 Å². The minimum atomic E-state index is -0.433. The third-order valence-corrected chi connectivity index (χ3v) is 7.87. The summed E-state index contributed by atoms with van der Waals surface area (Å²) in [6, 6.07) is 6.54. The highest BCUT2D eigenvalue weighted by atomic mass is 35.5. The summed E-state index contributed by atoms with van der Waals surface area (Å²) in [6.45, 7) is 4.94. The van der Waals surface area contributed by atoms with E-state index in [4.69, 9.17) is 21.3 Å². The number of fused-ring (bicyclic) bond motifs is 1. The number of likely N-dealkylation sites (tertiary alicyclic amines) is 1. The first kappa shape index (κ1) is 21.3. The molecule has 3 aromatic rings. The van der Waals surface area contributed by atoms with Crippen LogP contribution in [0.2, 0.25) is 5.02 Å². The zero-order valence-electron chi connectivity index (χ0n) is 18.7. The second-order valence-corrected chi connectivity index (χ2v) is 10.2. The Balaban J connectivity index is 1.21. The third kappa shape index (κ3) is 3.89. The maximum atomic E-state index is 10.4. The minimum absolute atomic E-state index is 0.293. The highest BCUT2D eigenvalue weighted by Gasteiger charge is 2.45. The normalized spacial score (nSPS) is 26.8. The molecule has 2 aliphatic heterocycles. The van der Waals surface area contributed by atoms with Gasteiger partial charge < -0.3 is 15.2 Å². The Hall–Kier alpha value is -2.26. The molecular formula is C24H29ClN6O2. The zero-order valence-corrected chi connectivity index (χ0v) is 19.5. The van der Waals surface area contributed by atoms with Crippen LogP contribution in [-0.4, -0.2) is 67.7 Å². The van der Waals surface area contributed by atoms with Gasteiger partial charge in [0, 0.05) is 22.7 Å². The molecule has 0 amide bonds. The van der Waals surface area contributed by atoms with Crippen LogP contribution in [0.5, 0.6) is 0 Å². The predicted octanol–water partition coefficient (Wildman–Crippen LogP) is 3.89. The highest BCUT2D eigenvalue weighted by molar-refractivity contribution is 6.32. The molecule has 2 saturated heterocycles. The molecule has 3 fully saturated rings. The van der Waals surface area contributed by atoms with Gasteiger partial charge in [0.2, 0.25) is 5.95 Å². The largest absolute Gasteiger partial charge is 0.389 e. The van der Waals surface area contributed by atoms with Gasteiger partial charge in [0.15, 0.2) is 0 Å². The van der Waals surface area contributed by atoms with Crippen LogP contribution in [0.3, 0.4) is 0 Å². The average Bonchev–Trinajstić information content (AvgIpc) is 3.47. The van der Waals surface area contributed by atoms with Crippen molar-refractivity contribution in [2.24, 2.45) is 0 Å². The Morgan fingerprint density at radius 1 is 1.21 bits per heavy atom. The van der Waals surface area contributed by atoms with Gasteiger partial charge in [-0.3, -0.25) is 4.90 Å². The van der Waals surface area contributed by atoms with Crippen molar-refractivity contribution in [3.05, 3.63) is 41.2 Å². The molecule has 2 atom stereocenters. The van der Waals surface area contributed by atoms with E-state index in [0.717, 1.165) is 53.2 Å². The Bertz CT molecular complexity index is 1170. The Kier molecular flexibility index (Phi) is 5.29. The number of nitrogens with zero attached hydrogens (tertiary/aromatic N) is 5. The zero-order chi connectivity index (χ0) is 22.6. The number of aromatic nitrogens is 4. The number of hydrogen-bond donors (Lipinski definition) is 2. The summed E-state index contributed by atoms with van der Waals surface area (Å²) in [4.78, 5) is 11.7. The molecule has 1 aromatic carbocycles. The smallest absolute Gasteiger partial charge is 0.228 e. The lowest BCUT2D eigenvalue weighted by Crippen LogP contribution is -2.56. The monoisotopic (exact) mass is 468 g/mol. The van der Waals surface area contributed by atoms with Crippen molar-refractivity contribution in [3.8, 4) is 0 Å². The van der Waals surface area contributed by atoms with Crippen molar-refractivity contribution in [1.29, 1.82) is 0 Å². The standard InChI is InChI=1S/C24H29ClN6O2/c1-24(14-33-13-21(24)32)30-8-5-15(6-9-30)18-11-20-16(10-19(18)25)12-26-23(28-20)29-22-4-7-27-31(22)17-2-3-17/h4,7,10-12,15,17,21,32H,2-3,5-6,8-9,13-14H2,1H3,(H,26,28,29)/t21-,24+/m0/s1. The van der Waals surface area contributed by atoms with E-state index in [1.165, 1.54) is 12.8 Å². The minimum Gasteiger partial charge on any atom is -0.389 e. The summed E-state index contributed by atoms with van der Waals surface area (Å²) in [6.07, 6.45) is 7.51. The lowest BCUT2D eigenvalue weighted by molar-refractivity contribution is -0.00211. The molecule has 2 aromatic heterocycles. The molecule has 0 unspecified atom stereocenters. The third-order valence-electron chi connectivity index (χ3n) is 7.55. The van der Waals surface area contributed by atoms with Crippen molar-refractivity contribution in [2.45, 2.75) is 56.2 Å². The van der Waals surface area contributed by atoms with Gasteiger partial charge in [-0.2, -0.15) is 5.10 Å². The van der Waals surface area contributed by atoms with E-state index in [-0.39, 0.29) is 5.54 Å². The Morgan fingerprint density at radius 2 is 2.03 bits per heavy atom. The summed E-state index contributed by atoms with van der Waals surface area (Å²) < 4.78 is 7.55. The van der Waals surface area contributed by atoms with E-state index in [1.807, 2.05) is 29.2 Å². The fourth-order valence-electron chi connectivity index (χ4n) is 5.23. The maximum absolute atomic E-state index is 10.4. The number of rotatable bonds is 5. The lowest BCUT2D eigenvalue weighted by Gasteiger charge is -2.43. The van der Waals surface area contributed by atoms with Gasteiger partial charge in [-0.15, -0.1) is 0 Å². The fourth-order valence-corrected chi connectivity index (χ4v) is 5.56. The van der Waals surface area contributed by atoms with Gasteiger partial charge in [0.1, 0.15) is 5.82 Å². The van der Waals surface area contributed by atoms with Crippen molar-refractivity contribution < 1.29 is 9.84 Å². The number of aliphatic hydroxyl groups excluding tert-OH is 1. The summed E-state index contributed by atoms with van der Waals surface area (Å²) >= 11 is 6.71. The van der Waals surface area contributed by atoms with Crippen LogP contribution in [0.4, 0.5) is 11.8 Å². The van der Waals surface area contributed by atoms with Gasteiger partial charge >= 0.3 is 0 Å². The SMILES string of the molecule is C[C@@]1(N2CCC(c3cc4nc(Nc5ccnn5C5CC5)ncc4cc3Cl)CC2)COC[C@@H]1O. The van der Waals surface area contributed by atoms with Crippen LogP contribution in [0, 0.1) is 0 Å². The first-order chi connectivity index (χ1) is 16.0. The van der Waals surface area contributed by atoms with Gasteiger partial charge in [0.05, 0.1) is 42.6 Å². The van der Waals surface area contributed by atoms with Crippen molar-refractivity contribution in [1.82, 2.24) is 24.6 Å². The van der Waals surface area contributed by atoms with Crippen molar-refractivity contribution in [3.63, 3.8) is 0 Å². The Labute approximate surface area is 197 Å². The van der Waals surface area contributed by atoms with Gasteiger partial charge in [0.25, 0.3) is 0 Å². The average molecular weight is 469 g/mol. The quantitative estimate of drug-likeness (QED) is 0.587. The van der Waals surface area contributed by atoms with E-state index >= 15 is 0 Å². The van der Waals surface area contributed by atoms with E-state index in [2.05, 4.69) is 33.3 Å². The number of piperidine rings is 1. The van der Waals surface area contributed by atoms with Crippen LogP contribution in [0.15, 0.2) is 30.6 Å². The van der Waals surface area contributed by atoms with Crippen LogP contribution in [0.25, 0.3) is 10.9 Å². The Morgan fingerprint density at radius 3 is 2.76 bits per heavy atom. The second kappa shape index (κ2) is 8.20. The molecule has 4 heterocycles. The number of halogens is 1. The molecule has 2 N–H and O–H groups in total. The van der Waals surface area contributed by atoms with E-state index < -0.39 is 6.10 Å². The summed E-state index contributed by atoms with van der Waals surface area (Å²) in [5, 5.41) is 19.9. The molecule has 0 bridgehead atoms. The molecule has 1 saturated carbocycles. The molecule has 0 spiro atoms. The number of anilines is 2. The molecule has 6 rings (SSSR count). The van der Waals surface area contributed by atoms with Gasteiger partial charge in [-0.05, 0) is 69.3 Å². The van der Waals surface area contributed by atoms with Crippen LogP contribution in [0.1, 0.15) is 50.1 Å². The fraction of sp³-hybridized carbons (Fsp3) is 0.542. The first-order valence-corrected chi connectivity index (χ1v) is 12.2. The number of benzene rings is 1. The molecule has 9 heteroatoms.